The zero-order chi connectivity index (χ0) is 15.4. The van der Waals surface area contributed by atoms with Crippen LogP contribution in [0.3, 0.4) is 0 Å². The van der Waals surface area contributed by atoms with E-state index in [1.165, 1.54) is 32.2 Å². The first-order chi connectivity index (χ1) is 10.7. The molecule has 1 aromatic rings. The van der Waals surface area contributed by atoms with E-state index in [0.29, 0.717) is 6.54 Å². The number of rotatable bonds is 5. The average molecular weight is 322 g/mol. The Hall–Kier alpha value is -1.01. The number of nitrogens with one attached hydrogen (secondary N) is 1. The molecule has 1 aliphatic carbocycles. The minimum absolute atomic E-state index is 0.172. The van der Waals surface area contributed by atoms with Crippen molar-refractivity contribution in [1.29, 1.82) is 0 Å². The molecule has 1 aromatic heterocycles. The van der Waals surface area contributed by atoms with Crippen LogP contribution in [0.15, 0.2) is 0 Å². The second kappa shape index (κ2) is 7.51. The molecule has 1 unspecified atom stereocenters. The first kappa shape index (κ1) is 15.9. The third-order valence-corrected chi connectivity index (χ3v) is 5.77. The molecule has 0 aromatic carbocycles. The Bertz CT molecular complexity index is 498. The zero-order valence-electron chi connectivity index (χ0n) is 13.4. The summed E-state index contributed by atoms with van der Waals surface area (Å²) < 4.78 is 0. The number of carbonyl (C=O) groups is 1. The van der Waals surface area contributed by atoms with Gasteiger partial charge < -0.3 is 5.32 Å². The van der Waals surface area contributed by atoms with Crippen molar-refractivity contribution < 1.29 is 4.79 Å². The van der Waals surface area contributed by atoms with Crippen LogP contribution in [0.1, 0.15) is 48.5 Å². The maximum absolute atomic E-state index is 12.4. The van der Waals surface area contributed by atoms with Gasteiger partial charge in [-0.25, -0.2) is 0 Å². The summed E-state index contributed by atoms with van der Waals surface area (Å²) in [6.07, 6.45) is 8.35. The van der Waals surface area contributed by atoms with Crippen molar-refractivity contribution in [3.63, 3.8) is 0 Å². The van der Waals surface area contributed by atoms with Gasteiger partial charge in [0, 0.05) is 25.6 Å². The number of carbonyl (C=O) groups excluding carboxylic acids is 1. The molecule has 1 saturated carbocycles. The number of piperidine rings is 1. The van der Waals surface area contributed by atoms with Crippen LogP contribution in [0.25, 0.3) is 0 Å². The lowest BCUT2D eigenvalue weighted by molar-refractivity contribution is -0.127. The summed E-state index contributed by atoms with van der Waals surface area (Å²) in [4.78, 5) is 14.9. The predicted octanol–water partition coefficient (Wildman–Crippen LogP) is 2.16. The van der Waals surface area contributed by atoms with E-state index < -0.39 is 0 Å². The van der Waals surface area contributed by atoms with Crippen LogP contribution in [-0.2, 0) is 11.2 Å². The summed E-state index contributed by atoms with van der Waals surface area (Å²) >= 11 is 1.61. The van der Waals surface area contributed by atoms with Crippen LogP contribution in [0.2, 0.25) is 0 Å². The number of nitrogens with zero attached hydrogens (tertiary/aromatic N) is 3. The fourth-order valence-electron chi connectivity index (χ4n) is 3.70. The van der Waals surface area contributed by atoms with Crippen molar-refractivity contribution >= 4 is 17.2 Å². The van der Waals surface area contributed by atoms with E-state index in [0.717, 1.165) is 41.9 Å². The SMILES string of the molecule is Cc1nnc(CCNC(=O)C2CCCN(C3CCCC3)C2)s1. The maximum atomic E-state index is 12.4. The molecule has 1 amide bonds. The molecule has 0 bridgehead atoms. The van der Waals surface area contributed by atoms with E-state index in [4.69, 9.17) is 0 Å². The van der Waals surface area contributed by atoms with Gasteiger partial charge in [-0.15, -0.1) is 21.5 Å². The number of amides is 1. The first-order valence-corrected chi connectivity index (χ1v) is 9.35. The second-order valence-corrected chi connectivity index (χ2v) is 7.79. The van der Waals surface area contributed by atoms with Gasteiger partial charge in [-0.2, -0.15) is 0 Å². The number of likely N-dealkylation sites (tertiary alicyclic amines) is 1. The van der Waals surface area contributed by atoms with Gasteiger partial charge >= 0.3 is 0 Å². The number of aryl methyl sites for hydroxylation is 1. The molecular formula is C16H26N4OS. The Morgan fingerprint density at radius 1 is 1.27 bits per heavy atom. The molecule has 122 valence electrons. The van der Waals surface area contributed by atoms with Gasteiger partial charge in [-0.1, -0.05) is 12.8 Å². The summed E-state index contributed by atoms with van der Waals surface area (Å²) in [7, 11) is 0. The minimum atomic E-state index is 0.172. The van der Waals surface area contributed by atoms with Gasteiger partial charge in [0.1, 0.15) is 10.0 Å². The summed E-state index contributed by atoms with van der Waals surface area (Å²) in [6, 6.07) is 0.736. The van der Waals surface area contributed by atoms with E-state index in [1.54, 1.807) is 11.3 Å². The smallest absolute Gasteiger partial charge is 0.224 e. The van der Waals surface area contributed by atoms with Crippen molar-refractivity contribution in [2.24, 2.45) is 5.92 Å². The quantitative estimate of drug-likeness (QED) is 0.902. The van der Waals surface area contributed by atoms with Gasteiger partial charge in [-0.3, -0.25) is 9.69 Å². The van der Waals surface area contributed by atoms with Crippen LogP contribution in [0.4, 0.5) is 0 Å². The molecule has 6 heteroatoms. The average Bonchev–Trinajstić information content (AvgIpc) is 3.19. The molecule has 5 nitrogen and oxygen atoms in total. The molecule has 2 fully saturated rings. The number of hydrogen-bond donors (Lipinski definition) is 1. The molecule has 1 N–H and O–H groups in total. The highest BCUT2D eigenvalue weighted by Gasteiger charge is 2.30. The number of hydrogen-bond acceptors (Lipinski definition) is 5. The van der Waals surface area contributed by atoms with E-state index in [2.05, 4.69) is 20.4 Å². The molecule has 1 atom stereocenters. The Kier molecular flexibility index (Phi) is 5.41. The lowest BCUT2D eigenvalue weighted by Gasteiger charge is -2.36. The van der Waals surface area contributed by atoms with E-state index in [1.807, 2.05) is 6.92 Å². The molecule has 3 rings (SSSR count). The van der Waals surface area contributed by atoms with Crippen LogP contribution in [0, 0.1) is 12.8 Å². The Labute approximate surface area is 136 Å². The summed E-state index contributed by atoms with van der Waals surface area (Å²) in [5.41, 5.74) is 0. The van der Waals surface area contributed by atoms with Gasteiger partial charge in [0.25, 0.3) is 0 Å². The Balaban J connectivity index is 1.43. The van der Waals surface area contributed by atoms with Crippen molar-refractivity contribution in [1.82, 2.24) is 20.4 Å². The standard InChI is InChI=1S/C16H26N4OS/c1-12-18-19-15(22-12)8-9-17-16(21)13-5-4-10-20(11-13)14-6-2-3-7-14/h13-14H,2-11H2,1H3,(H,17,21). The molecule has 22 heavy (non-hydrogen) atoms. The third-order valence-electron chi connectivity index (χ3n) is 4.87. The van der Waals surface area contributed by atoms with E-state index in [-0.39, 0.29) is 11.8 Å². The largest absolute Gasteiger partial charge is 0.355 e. The lowest BCUT2D eigenvalue weighted by Crippen LogP contribution is -2.46. The van der Waals surface area contributed by atoms with Gasteiger partial charge in [-0.05, 0) is 39.2 Å². The molecule has 1 aliphatic heterocycles. The minimum Gasteiger partial charge on any atom is -0.355 e. The van der Waals surface area contributed by atoms with Crippen LogP contribution in [0.5, 0.6) is 0 Å². The molecule has 2 aliphatic rings. The predicted molar refractivity (Wildman–Crippen MR) is 87.9 cm³/mol. The Morgan fingerprint density at radius 2 is 2.09 bits per heavy atom. The topological polar surface area (TPSA) is 58.1 Å². The van der Waals surface area contributed by atoms with Gasteiger partial charge in [0.2, 0.25) is 5.91 Å². The van der Waals surface area contributed by atoms with Gasteiger partial charge in [0.05, 0.1) is 5.92 Å². The molecular weight excluding hydrogens is 296 g/mol. The highest BCUT2D eigenvalue weighted by molar-refractivity contribution is 7.11. The van der Waals surface area contributed by atoms with Crippen molar-refractivity contribution in [3.05, 3.63) is 10.0 Å². The van der Waals surface area contributed by atoms with Crippen LogP contribution < -0.4 is 5.32 Å². The van der Waals surface area contributed by atoms with E-state index >= 15 is 0 Å². The summed E-state index contributed by atoms with van der Waals surface area (Å²) in [5.74, 6) is 0.398. The lowest BCUT2D eigenvalue weighted by atomic mass is 9.95. The summed E-state index contributed by atoms with van der Waals surface area (Å²) in [6.45, 7) is 4.76. The maximum Gasteiger partial charge on any atom is 0.224 e. The highest BCUT2D eigenvalue weighted by atomic mass is 32.1. The van der Waals surface area contributed by atoms with Crippen LogP contribution in [-0.4, -0.2) is 46.7 Å². The van der Waals surface area contributed by atoms with Crippen molar-refractivity contribution in [2.45, 2.75) is 57.9 Å². The third kappa shape index (κ3) is 4.04. The Morgan fingerprint density at radius 3 is 2.82 bits per heavy atom. The molecule has 0 radical (unpaired) electrons. The van der Waals surface area contributed by atoms with Gasteiger partial charge in [0.15, 0.2) is 0 Å². The zero-order valence-corrected chi connectivity index (χ0v) is 14.2. The van der Waals surface area contributed by atoms with Crippen molar-refractivity contribution in [3.8, 4) is 0 Å². The fourth-order valence-corrected chi connectivity index (χ4v) is 4.41. The second-order valence-electron chi connectivity index (χ2n) is 6.53. The van der Waals surface area contributed by atoms with E-state index in [9.17, 15) is 4.79 Å². The molecule has 0 spiro atoms. The molecule has 2 heterocycles. The molecule has 1 saturated heterocycles. The monoisotopic (exact) mass is 322 g/mol. The summed E-state index contributed by atoms with van der Waals surface area (Å²) in [5, 5.41) is 13.2. The highest BCUT2D eigenvalue weighted by Crippen LogP contribution is 2.27. The van der Waals surface area contributed by atoms with Crippen molar-refractivity contribution in [2.75, 3.05) is 19.6 Å². The number of aromatic nitrogens is 2. The first-order valence-electron chi connectivity index (χ1n) is 8.53. The van der Waals surface area contributed by atoms with Crippen LogP contribution >= 0.6 is 11.3 Å². The fraction of sp³-hybridized carbons (Fsp3) is 0.812. The normalized spacial score (nSPS) is 23.8.